The van der Waals surface area contributed by atoms with E-state index >= 15 is 0 Å². The lowest BCUT2D eigenvalue weighted by atomic mass is 10.2. The summed E-state index contributed by atoms with van der Waals surface area (Å²) >= 11 is 3.69. The fraction of sp³-hybridized carbons (Fsp3) is 0.0769. The Balaban J connectivity index is 2.07. The molecule has 0 radical (unpaired) electrons. The van der Waals surface area contributed by atoms with E-state index in [1.165, 1.54) is 18.4 Å². The maximum atomic E-state index is 11.9. The van der Waals surface area contributed by atoms with Gasteiger partial charge in [0.15, 0.2) is 0 Å². The molecule has 0 saturated carbocycles. The van der Waals surface area contributed by atoms with Crippen LogP contribution >= 0.6 is 33.9 Å². The largest absolute Gasteiger partial charge is 0.465 e. The molecule has 98 valence electrons. The van der Waals surface area contributed by atoms with Crippen LogP contribution < -0.4 is 5.32 Å². The molecule has 0 saturated heterocycles. The first-order valence-corrected chi connectivity index (χ1v) is 7.30. The molecule has 0 fully saturated rings. The van der Waals surface area contributed by atoms with Crippen molar-refractivity contribution in [1.29, 1.82) is 0 Å². The van der Waals surface area contributed by atoms with Gasteiger partial charge >= 0.3 is 5.97 Å². The number of amides is 1. The number of halogens is 1. The summed E-state index contributed by atoms with van der Waals surface area (Å²) in [7, 11) is 1.33. The highest BCUT2D eigenvalue weighted by Gasteiger charge is 2.09. The Kier molecular flexibility index (Phi) is 4.54. The Morgan fingerprint density at radius 3 is 2.42 bits per heavy atom. The standard InChI is InChI=1S/C13H10INO3S/c1-18-13(17)8-2-4-10(5-3-8)15-12(16)9-6-11(14)19-7-9/h2-7H,1H3,(H,15,16). The van der Waals surface area contributed by atoms with E-state index < -0.39 is 5.97 Å². The fourth-order valence-corrected chi connectivity index (χ4v) is 2.77. The van der Waals surface area contributed by atoms with Gasteiger partial charge in [-0.25, -0.2) is 4.79 Å². The highest BCUT2D eigenvalue weighted by Crippen LogP contribution is 2.18. The highest BCUT2D eigenvalue weighted by atomic mass is 127. The van der Waals surface area contributed by atoms with Crippen LogP contribution in [-0.4, -0.2) is 19.0 Å². The number of esters is 1. The summed E-state index contributed by atoms with van der Waals surface area (Å²) in [5.41, 5.74) is 1.72. The smallest absolute Gasteiger partial charge is 0.337 e. The van der Waals surface area contributed by atoms with E-state index in [-0.39, 0.29) is 5.91 Å². The minimum Gasteiger partial charge on any atom is -0.465 e. The second kappa shape index (κ2) is 6.16. The molecule has 1 heterocycles. The molecule has 0 bridgehead atoms. The zero-order chi connectivity index (χ0) is 13.8. The minimum atomic E-state index is -0.398. The molecule has 0 aliphatic carbocycles. The number of nitrogens with one attached hydrogen (secondary N) is 1. The van der Waals surface area contributed by atoms with Crippen LogP contribution in [0.5, 0.6) is 0 Å². The summed E-state index contributed by atoms with van der Waals surface area (Å²) in [4.78, 5) is 23.2. The molecule has 2 rings (SSSR count). The lowest BCUT2D eigenvalue weighted by molar-refractivity contribution is 0.0600. The molecular formula is C13H10INO3S. The Morgan fingerprint density at radius 1 is 1.21 bits per heavy atom. The number of carbonyl (C=O) groups is 2. The number of rotatable bonds is 3. The lowest BCUT2D eigenvalue weighted by Crippen LogP contribution is -2.11. The van der Waals surface area contributed by atoms with Gasteiger partial charge in [-0.1, -0.05) is 0 Å². The minimum absolute atomic E-state index is 0.162. The Labute approximate surface area is 127 Å². The summed E-state index contributed by atoms with van der Waals surface area (Å²) in [5.74, 6) is -0.560. The summed E-state index contributed by atoms with van der Waals surface area (Å²) in [6, 6.07) is 8.38. The van der Waals surface area contributed by atoms with E-state index in [4.69, 9.17) is 0 Å². The number of thiophene rings is 1. The Hall–Kier alpha value is -1.41. The average molecular weight is 387 g/mol. The van der Waals surface area contributed by atoms with Gasteiger partial charge in [0.25, 0.3) is 5.91 Å². The molecule has 1 aromatic carbocycles. The second-order valence-corrected chi connectivity index (χ2v) is 6.47. The van der Waals surface area contributed by atoms with E-state index in [1.54, 1.807) is 29.6 Å². The van der Waals surface area contributed by atoms with E-state index in [2.05, 4.69) is 32.6 Å². The van der Waals surface area contributed by atoms with Crippen LogP contribution in [0, 0.1) is 2.88 Å². The van der Waals surface area contributed by atoms with Crippen molar-refractivity contribution < 1.29 is 14.3 Å². The van der Waals surface area contributed by atoms with Crippen LogP contribution in [0.2, 0.25) is 0 Å². The SMILES string of the molecule is COC(=O)c1ccc(NC(=O)c2csc(I)c2)cc1. The van der Waals surface area contributed by atoms with Gasteiger partial charge in [-0.15, -0.1) is 11.3 Å². The quantitative estimate of drug-likeness (QED) is 0.649. The summed E-state index contributed by atoms with van der Waals surface area (Å²) < 4.78 is 5.66. The van der Waals surface area contributed by atoms with Crippen molar-refractivity contribution >= 4 is 51.5 Å². The van der Waals surface area contributed by atoms with Crippen molar-refractivity contribution in [2.24, 2.45) is 0 Å². The van der Waals surface area contributed by atoms with Gasteiger partial charge in [-0.05, 0) is 52.9 Å². The van der Waals surface area contributed by atoms with Crippen molar-refractivity contribution in [2.45, 2.75) is 0 Å². The first kappa shape index (κ1) is 14.0. The fourth-order valence-electron chi connectivity index (χ4n) is 1.44. The van der Waals surface area contributed by atoms with Gasteiger partial charge in [-0.3, -0.25) is 4.79 Å². The molecule has 0 aliphatic rings. The molecule has 1 N–H and O–H groups in total. The monoisotopic (exact) mass is 387 g/mol. The maximum absolute atomic E-state index is 11.9. The van der Waals surface area contributed by atoms with Gasteiger partial charge in [0.05, 0.1) is 21.1 Å². The average Bonchev–Trinajstić information content (AvgIpc) is 2.85. The van der Waals surface area contributed by atoms with Gasteiger partial charge in [-0.2, -0.15) is 0 Å². The predicted molar refractivity (Wildman–Crippen MR) is 82.8 cm³/mol. The first-order valence-electron chi connectivity index (χ1n) is 5.34. The maximum Gasteiger partial charge on any atom is 0.337 e. The molecule has 19 heavy (non-hydrogen) atoms. The third kappa shape index (κ3) is 3.54. The first-order chi connectivity index (χ1) is 9.10. The van der Waals surface area contributed by atoms with E-state index in [0.717, 1.165) is 2.88 Å². The molecule has 0 aliphatic heterocycles. The number of methoxy groups -OCH3 is 1. The van der Waals surface area contributed by atoms with Crippen LogP contribution in [0.25, 0.3) is 0 Å². The predicted octanol–water partition coefficient (Wildman–Crippen LogP) is 3.39. The van der Waals surface area contributed by atoms with Crippen LogP contribution in [0.1, 0.15) is 20.7 Å². The normalized spacial score (nSPS) is 10.0. The van der Waals surface area contributed by atoms with Crippen molar-refractivity contribution in [3.63, 3.8) is 0 Å². The molecule has 4 nitrogen and oxygen atoms in total. The zero-order valence-electron chi connectivity index (χ0n) is 9.98. The van der Waals surface area contributed by atoms with Gasteiger partial charge in [0.1, 0.15) is 0 Å². The number of hydrogen-bond donors (Lipinski definition) is 1. The van der Waals surface area contributed by atoms with E-state index in [1.807, 2.05) is 6.07 Å². The topological polar surface area (TPSA) is 55.4 Å². The van der Waals surface area contributed by atoms with Gasteiger partial charge in [0.2, 0.25) is 0 Å². The molecular weight excluding hydrogens is 377 g/mol. The summed E-state index contributed by atoms with van der Waals surface area (Å²) in [6.07, 6.45) is 0. The van der Waals surface area contributed by atoms with Crippen LogP contribution in [-0.2, 0) is 4.74 Å². The molecule has 2 aromatic rings. The Morgan fingerprint density at radius 2 is 1.89 bits per heavy atom. The Bertz CT molecular complexity index is 607. The van der Waals surface area contributed by atoms with E-state index in [0.29, 0.717) is 16.8 Å². The molecule has 0 atom stereocenters. The van der Waals surface area contributed by atoms with Crippen molar-refractivity contribution in [3.8, 4) is 0 Å². The number of carbonyl (C=O) groups excluding carboxylic acids is 2. The number of ether oxygens (including phenoxy) is 1. The second-order valence-electron chi connectivity index (χ2n) is 3.66. The lowest BCUT2D eigenvalue weighted by Gasteiger charge is -2.04. The summed E-state index contributed by atoms with van der Waals surface area (Å²) in [6.45, 7) is 0. The third-order valence-electron chi connectivity index (χ3n) is 2.39. The molecule has 6 heteroatoms. The number of hydrogen-bond acceptors (Lipinski definition) is 4. The molecule has 1 amide bonds. The van der Waals surface area contributed by atoms with Crippen molar-refractivity contribution in [3.05, 3.63) is 49.7 Å². The van der Waals surface area contributed by atoms with E-state index in [9.17, 15) is 9.59 Å². The van der Waals surface area contributed by atoms with Gasteiger partial charge in [0, 0.05) is 11.1 Å². The third-order valence-corrected chi connectivity index (χ3v) is 4.18. The summed E-state index contributed by atoms with van der Waals surface area (Å²) in [5, 5.41) is 4.57. The zero-order valence-corrected chi connectivity index (χ0v) is 12.9. The van der Waals surface area contributed by atoms with Crippen LogP contribution in [0.15, 0.2) is 35.7 Å². The highest BCUT2D eigenvalue weighted by molar-refractivity contribution is 14.1. The van der Waals surface area contributed by atoms with Gasteiger partial charge < -0.3 is 10.1 Å². The number of benzene rings is 1. The van der Waals surface area contributed by atoms with Crippen LogP contribution in [0.3, 0.4) is 0 Å². The number of anilines is 1. The van der Waals surface area contributed by atoms with Crippen molar-refractivity contribution in [2.75, 3.05) is 12.4 Å². The van der Waals surface area contributed by atoms with Crippen molar-refractivity contribution in [1.82, 2.24) is 0 Å². The molecule has 1 aromatic heterocycles. The molecule has 0 unspecified atom stereocenters. The van der Waals surface area contributed by atoms with Crippen LogP contribution in [0.4, 0.5) is 5.69 Å². The molecule has 0 spiro atoms.